The smallest absolute Gasteiger partial charge is 0.271 e. The van der Waals surface area contributed by atoms with E-state index in [9.17, 15) is 24.8 Å². The maximum atomic E-state index is 12.5. The Morgan fingerprint density at radius 2 is 1.84 bits per heavy atom. The molecule has 9 heteroatoms. The van der Waals surface area contributed by atoms with Crippen LogP contribution in [0.15, 0.2) is 33.9 Å². The summed E-state index contributed by atoms with van der Waals surface area (Å²) < 4.78 is 0.126. The summed E-state index contributed by atoms with van der Waals surface area (Å²) in [5, 5.41) is 25.7. The van der Waals surface area contributed by atoms with Gasteiger partial charge in [0.05, 0.1) is 27.4 Å². The van der Waals surface area contributed by atoms with E-state index in [4.69, 9.17) is 0 Å². The first kappa shape index (κ1) is 15.9. The lowest BCUT2D eigenvalue weighted by Crippen LogP contribution is -2.28. The molecule has 4 rings (SSSR count). The molecule has 0 radical (unpaired) electrons. The van der Waals surface area contributed by atoms with Crippen LogP contribution < -0.4 is 0 Å². The van der Waals surface area contributed by atoms with E-state index in [1.165, 1.54) is 0 Å². The Kier molecular flexibility index (Phi) is 3.50. The number of hydrazone groups is 1. The average Bonchev–Trinajstić information content (AvgIpc) is 3.24. The number of carbonyl (C=O) groups excluding carboxylic acids is 2. The van der Waals surface area contributed by atoms with Crippen molar-refractivity contribution < 1.29 is 19.6 Å². The van der Waals surface area contributed by atoms with Crippen molar-refractivity contribution in [3.63, 3.8) is 0 Å². The number of imide groups is 1. The van der Waals surface area contributed by atoms with Gasteiger partial charge in [-0.2, -0.15) is 10.1 Å². The average molecular weight is 406 g/mol. The molecule has 2 aliphatic carbocycles. The third-order valence-corrected chi connectivity index (χ3v) is 5.65. The molecule has 2 bridgehead atoms. The van der Waals surface area contributed by atoms with E-state index in [0.29, 0.717) is 0 Å². The predicted octanol–water partition coefficient (Wildman–Crippen LogP) is 2.20. The van der Waals surface area contributed by atoms with Gasteiger partial charge in [-0.25, -0.2) is 0 Å². The number of phenols is 1. The number of rotatable bonds is 3. The fourth-order valence-corrected chi connectivity index (χ4v) is 4.39. The van der Waals surface area contributed by atoms with Crippen LogP contribution in [0.25, 0.3) is 0 Å². The lowest BCUT2D eigenvalue weighted by atomic mass is 9.85. The van der Waals surface area contributed by atoms with E-state index in [1.54, 1.807) is 0 Å². The minimum absolute atomic E-state index is 0.0415. The van der Waals surface area contributed by atoms with Gasteiger partial charge in [0.25, 0.3) is 17.5 Å². The molecule has 0 aromatic heterocycles. The third-order valence-electron chi connectivity index (χ3n) is 5.05. The van der Waals surface area contributed by atoms with E-state index < -0.39 is 4.92 Å². The van der Waals surface area contributed by atoms with Gasteiger partial charge in [-0.15, -0.1) is 0 Å². The molecule has 1 aliphatic heterocycles. The third kappa shape index (κ3) is 2.30. The Morgan fingerprint density at radius 3 is 2.40 bits per heavy atom. The molecule has 3 aliphatic rings. The highest BCUT2D eigenvalue weighted by Gasteiger charge is 2.59. The van der Waals surface area contributed by atoms with E-state index >= 15 is 0 Å². The van der Waals surface area contributed by atoms with Gasteiger partial charge < -0.3 is 5.11 Å². The Hall–Kier alpha value is -2.55. The quantitative estimate of drug-likeness (QED) is 0.272. The number of carbonyl (C=O) groups is 2. The van der Waals surface area contributed by atoms with E-state index in [0.717, 1.165) is 29.8 Å². The molecule has 1 N–H and O–H groups in total. The van der Waals surface area contributed by atoms with Crippen LogP contribution in [0.5, 0.6) is 5.75 Å². The minimum Gasteiger partial charge on any atom is -0.506 e. The number of phenolic OH excluding ortho intramolecular Hbond substituents is 1. The summed E-state index contributed by atoms with van der Waals surface area (Å²) in [5.41, 5.74) is -0.204. The van der Waals surface area contributed by atoms with Crippen molar-refractivity contribution >= 4 is 39.6 Å². The molecular formula is C16H12BrN3O5. The zero-order valence-electron chi connectivity index (χ0n) is 12.7. The van der Waals surface area contributed by atoms with Crippen LogP contribution in [0.4, 0.5) is 5.69 Å². The molecule has 0 spiro atoms. The Balaban J connectivity index is 1.64. The second-order valence-electron chi connectivity index (χ2n) is 6.36. The van der Waals surface area contributed by atoms with Gasteiger partial charge in [0, 0.05) is 17.7 Å². The zero-order chi connectivity index (χ0) is 17.9. The molecule has 1 heterocycles. The number of halogens is 1. The van der Waals surface area contributed by atoms with E-state index in [2.05, 4.69) is 21.0 Å². The maximum Gasteiger partial charge on any atom is 0.271 e. The van der Waals surface area contributed by atoms with Gasteiger partial charge in [-0.05, 0) is 34.2 Å². The summed E-state index contributed by atoms with van der Waals surface area (Å²) in [6.07, 6.45) is 5.88. The monoisotopic (exact) mass is 405 g/mol. The van der Waals surface area contributed by atoms with Crippen molar-refractivity contribution in [2.24, 2.45) is 28.8 Å². The number of aromatic hydroxyl groups is 1. The highest BCUT2D eigenvalue weighted by Crippen LogP contribution is 2.52. The van der Waals surface area contributed by atoms with Crippen molar-refractivity contribution in [2.75, 3.05) is 0 Å². The fourth-order valence-electron chi connectivity index (χ4n) is 3.93. The molecular weight excluding hydrogens is 394 g/mol. The van der Waals surface area contributed by atoms with Crippen LogP contribution in [-0.2, 0) is 9.59 Å². The van der Waals surface area contributed by atoms with Crippen molar-refractivity contribution in [1.82, 2.24) is 5.01 Å². The van der Waals surface area contributed by atoms with Gasteiger partial charge in [-0.3, -0.25) is 19.7 Å². The summed E-state index contributed by atoms with van der Waals surface area (Å²) in [6, 6.07) is 2.29. The molecule has 4 unspecified atom stereocenters. The number of allylic oxidation sites excluding steroid dienone is 2. The Labute approximate surface area is 150 Å². The molecule has 1 aromatic carbocycles. The van der Waals surface area contributed by atoms with Crippen molar-refractivity contribution in [1.29, 1.82) is 0 Å². The van der Waals surface area contributed by atoms with Crippen LogP contribution in [0, 0.1) is 33.8 Å². The van der Waals surface area contributed by atoms with Crippen LogP contribution in [-0.4, -0.2) is 33.1 Å². The second-order valence-corrected chi connectivity index (χ2v) is 7.21. The number of nitro groups is 1. The van der Waals surface area contributed by atoms with Crippen LogP contribution in [0.2, 0.25) is 0 Å². The molecule has 4 atom stereocenters. The van der Waals surface area contributed by atoms with Gasteiger partial charge >= 0.3 is 0 Å². The van der Waals surface area contributed by atoms with Crippen LogP contribution >= 0.6 is 15.9 Å². The fraction of sp³-hybridized carbons (Fsp3) is 0.312. The zero-order valence-corrected chi connectivity index (χ0v) is 14.3. The van der Waals surface area contributed by atoms with Gasteiger partial charge in [-0.1, -0.05) is 12.2 Å². The number of benzene rings is 1. The van der Waals surface area contributed by atoms with Gasteiger partial charge in [0.1, 0.15) is 5.75 Å². The Morgan fingerprint density at radius 1 is 1.24 bits per heavy atom. The van der Waals surface area contributed by atoms with Crippen molar-refractivity contribution in [3.8, 4) is 5.75 Å². The van der Waals surface area contributed by atoms with E-state index in [1.807, 2.05) is 12.2 Å². The number of non-ortho nitro benzene ring substituents is 1. The van der Waals surface area contributed by atoms with Gasteiger partial charge in [0.15, 0.2) is 0 Å². The summed E-state index contributed by atoms with van der Waals surface area (Å²) in [5.74, 6) is -1.55. The summed E-state index contributed by atoms with van der Waals surface area (Å²) >= 11 is 3.03. The molecule has 25 heavy (non-hydrogen) atoms. The maximum absolute atomic E-state index is 12.5. The van der Waals surface area contributed by atoms with Gasteiger partial charge in [0.2, 0.25) is 0 Å². The molecule has 128 valence electrons. The Bertz CT molecular complexity index is 851. The van der Waals surface area contributed by atoms with Crippen molar-refractivity contribution in [3.05, 3.63) is 44.4 Å². The number of fused-ring (bicyclic) bond motifs is 5. The lowest BCUT2D eigenvalue weighted by molar-refractivity contribution is -0.385. The summed E-state index contributed by atoms with van der Waals surface area (Å²) in [4.78, 5) is 35.3. The summed E-state index contributed by atoms with van der Waals surface area (Å²) in [6.45, 7) is 0. The number of hydrogen-bond donors (Lipinski definition) is 1. The topological polar surface area (TPSA) is 113 Å². The first-order chi connectivity index (χ1) is 11.9. The highest BCUT2D eigenvalue weighted by atomic mass is 79.9. The molecule has 2 amide bonds. The predicted molar refractivity (Wildman–Crippen MR) is 89.6 cm³/mol. The number of nitrogens with zero attached hydrogens (tertiary/aromatic N) is 3. The minimum atomic E-state index is -0.610. The first-order valence-electron chi connectivity index (χ1n) is 7.65. The number of hydrogen-bond acceptors (Lipinski definition) is 6. The normalized spacial score (nSPS) is 29.9. The molecule has 1 saturated carbocycles. The summed E-state index contributed by atoms with van der Waals surface area (Å²) in [7, 11) is 0. The van der Waals surface area contributed by atoms with Crippen molar-refractivity contribution in [2.45, 2.75) is 6.42 Å². The molecule has 2 fully saturated rings. The number of nitro benzene ring substituents is 1. The second kappa shape index (κ2) is 5.48. The van der Waals surface area contributed by atoms with Crippen LogP contribution in [0.1, 0.15) is 12.0 Å². The SMILES string of the molecule is O=C1C2C3C=CC(C3)C2C(=O)N1N=Cc1cc([N+](=O)[O-])cc(Br)c1O. The molecule has 1 saturated heterocycles. The first-order valence-corrected chi connectivity index (χ1v) is 8.45. The largest absolute Gasteiger partial charge is 0.506 e. The van der Waals surface area contributed by atoms with Crippen LogP contribution in [0.3, 0.4) is 0 Å². The molecule has 8 nitrogen and oxygen atoms in total. The highest BCUT2D eigenvalue weighted by molar-refractivity contribution is 9.10. The molecule has 1 aromatic rings. The standard InChI is InChI=1S/C16H12BrN3O5/c17-11-5-10(20(24)25)4-9(14(11)21)6-18-19-15(22)12-7-1-2-8(3-7)13(12)16(19)23/h1-2,4-8,12-13,21H,3H2. The number of amides is 2. The lowest BCUT2D eigenvalue weighted by Gasteiger charge is -2.13. The van der Waals surface area contributed by atoms with E-state index in [-0.39, 0.29) is 57.0 Å².